The van der Waals surface area contributed by atoms with Gasteiger partial charge in [-0.05, 0) is 43.9 Å². The Morgan fingerprint density at radius 2 is 1.63 bits per heavy atom. The van der Waals surface area contributed by atoms with Crippen LogP contribution in [0.3, 0.4) is 0 Å². The highest BCUT2D eigenvalue weighted by atomic mass is 32.2. The van der Waals surface area contributed by atoms with Gasteiger partial charge in [0.2, 0.25) is 15.8 Å². The van der Waals surface area contributed by atoms with Crippen LogP contribution in [0, 0.1) is 5.92 Å². The molecule has 0 N–H and O–H groups in total. The number of sulfonamides is 1. The number of piperidine rings is 1. The molecule has 1 atom stereocenters. The van der Waals surface area contributed by atoms with Crippen molar-refractivity contribution >= 4 is 21.8 Å². The molecule has 30 heavy (non-hydrogen) atoms. The molecule has 0 radical (unpaired) electrons. The normalized spacial score (nSPS) is 16.7. The van der Waals surface area contributed by atoms with Crippen molar-refractivity contribution in [3.8, 4) is 0 Å². The van der Waals surface area contributed by atoms with Crippen molar-refractivity contribution in [2.75, 3.05) is 13.1 Å². The molecule has 1 aliphatic rings. The fourth-order valence-electron chi connectivity index (χ4n) is 3.54. The summed E-state index contributed by atoms with van der Waals surface area (Å²) in [4.78, 5) is 25.3. The second-order valence-electron chi connectivity index (χ2n) is 7.49. The SMILES string of the molecule is CCc1ccc(C(=O)C(C)OC(=O)C2CCN(S(=O)(=O)c3ccccc3)CC2)cc1. The number of aryl methyl sites for hydroxylation is 1. The van der Waals surface area contributed by atoms with E-state index in [9.17, 15) is 18.0 Å². The summed E-state index contributed by atoms with van der Waals surface area (Å²) in [6, 6.07) is 15.6. The summed E-state index contributed by atoms with van der Waals surface area (Å²) in [5, 5.41) is 0. The summed E-state index contributed by atoms with van der Waals surface area (Å²) in [5.41, 5.74) is 1.64. The zero-order valence-corrected chi connectivity index (χ0v) is 18.1. The Bertz CT molecular complexity index is 978. The lowest BCUT2D eigenvalue weighted by Gasteiger charge is -2.30. The smallest absolute Gasteiger partial charge is 0.309 e. The number of ketones is 1. The van der Waals surface area contributed by atoms with E-state index in [4.69, 9.17) is 4.74 Å². The summed E-state index contributed by atoms with van der Waals surface area (Å²) in [6.45, 7) is 4.11. The second-order valence-corrected chi connectivity index (χ2v) is 9.42. The Balaban J connectivity index is 1.55. The van der Waals surface area contributed by atoms with E-state index in [1.165, 1.54) is 4.31 Å². The molecule has 0 amide bonds. The van der Waals surface area contributed by atoms with Crippen LogP contribution in [0.2, 0.25) is 0 Å². The van der Waals surface area contributed by atoms with E-state index < -0.39 is 28.0 Å². The van der Waals surface area contributed by atoms with Crippen LogP contribution >= 0.6 is 0 Å². The number of hydrogen-bond acceptors (Lipinski definition) is 5. The van der Waals surface area contributed by atoms with E-state index in [0.29, 0.717) is 18.4 Å². The number of nitrogens with zero attached hydrogens (tertiary/aromatic N) is 1. The summed E-state index contributed by atoms with van der Waals surface area (Å²) < 4.78 is 32.2. The van der Waals surface area contributed by atoms with Crippen LogP contribution in [0.1, 0.15) is 42.6 Å². The van der Waals surface area contributed by atoms with E-state index in [0.717, 1.165) is 12.0 Å². The second kappa shape index (κ2) is 9.53. The van der Waals surface area contributed by atoms with Crippen LogP contribution in [0.4, 0.5) is 0 Å². The fourth-order valence-corrected chi connectivity index (χ4v) is 5.03. The third kappa shape index (κ3) is 4.96. The molecule has 0 bridgehead atoms. The molecule has 1 saturated heterocycles. The molecule has 0 aliphatic carbocycles. The average Bonchev–Trinajstić information content (AvgIpc) is 2.79. The van der Waals surface area contributed by atoms with Gasteiger partial charge in [-0.15, -0.1) is 0 Å². The van der Waals surface area contributed by atoms with Crippen LogP contribution in [-0.4, -0.2) is 43.7 Å². The summed E-state index contributed by atoms with van der Waals surface area (Å²) in [5.74, 6) is -1.10. The van der Waals surface area contributed by atoms with Crippen molar-refractivity contribution < 1.29 is 22.7 Å². The van der Waals surface area contributed by atoms with Crippen molar-refractivity contribution in [2.45, 2.75) is 44.1 Å². The highest BCUT2D eigenvalue weighted by molar-refractivity contribution is 7.89. The van der Waals surface area contributed by atoms with Crippen LogP contribution < -0.4 is 0 Å². The molecule has 2 aromatic carbocycles. The largest absolute Gasteiger partial charge is 0.454 e. The quantitative estimate of drug-likeness (QED) is 0.497. The zero-order chi connectivity index (χ0) is 21.7. The number of benzene rings is 2. The predicted octanol–water partition coefficient (Wildman–Crippen LogP) is 3.46. The van der Waals surface area contributed by atoms with Crippen molar-refractivity contribution in [2.24, 2.45) is 5.92 Å². The lowest BCUT2D eigenvalue weighted by atomic mass is 9.98. The molecule has 1 aliphatic heterocycles. The Morgan fingerprint density at radius 1 is 1.03 bits per heavy atom. The first-order valence-electron chi connectivity index (χ1n) is 10.2. The monoisotopic (exact) mass is 429 g/mol. The van der Waals surface area contributed by atoms with E-state index in [-0.39, 0.29) is 23.8 Å². The van der Waals surface area contributed by atoms with E-state index in [2.05, 4.69) is 0 Å². The van der Waals surface area contributed by atoms with Gasteiger partial charge in [-0.3, -0.25) is 9.59 Å². The van der Waals surface area contributed by atoms with Crippen LogP contribution in [0.25, 0.3) is 0 Å². The van der Waals surface area contributed by atoms with Gasteiger partial charge < -0.3 is 4.74 Å². The standard InChI is InChI=1S/C23H27NO5S/c1-3-18-9-11-19(12-10-18)22(25)17(2)29-23(26)20-13-15-24(16-14-20)30(27,28)21-7-5-4-6-8-21/h4-12,17,20H,3,13-16H2,1-2H3. The maximum absolute atomic E-state index is 12.7. The van der Waals surface area contributed by atoms with Gasteiger partial charge >= 0.3 is 5.97 Å². The molecule has 0 spiro atoms. The number of esters is 1. The van der Waals surface area contributed by atoms with Gasteiger partial charge in [0.05, 0.1) is 10.8 Å². The van der Waals surface area contributed by atoms with Gasteiger partial charge in [-0.25, -0.2) is 8.42 Å². The Morgan fingerprint density at radius 3 is 2.20 bits per heavy atom. The van der Waals surface area contributed by atoms with Gasteiger partial charge in [0.15, 0.2) is 6.10 Å². The first-order valence-corrected chi connectivity index (χ1v) is 11.7. The molecule has 1 unspecified atom stereocenters. The number of rotatable bonds is 7. The lowest BCUT2D eigenvalue weighted by molar-refractivity contribution is -0.152. The maximum atomic E-state index is 12.7. The topological polar surface area (TPSA) is 80.8 Å². The van der Waals surface area contributed by atoms with Crippen LogP contribution in [0.5, 0.6) is 0 Å². The molecule has 160 valence electrons. The molecule has 0 aromatic heterocycles. The van der Waals surface area contributed by atoms with Crippen LogP contribution in [-0.2, 0) is 26.0 Å². The average molecular weight is 430 g/mol. The van der Waals surface area contributed by atoms with Gasteiger partial charge in [0.1, 0.15) is 0 Å². The highest BCUT2D eigenvalue weighted by Gasteiger charge is 2.34. The molecule has 3 rings (SSSR count). The maximum Gasteiger partial charge on any atom is 0.309 e. The van der Waals surface area contributed by atoms with Crippen molar-refractivity contribution in [3.63, 3.8) is 0 Å². The molecule has 2 aromatic rings. The minimum atomic E-state index is -3.56. The van der Waals surface area contributed by atoms with Gasteiger partial charge in [0, 0.05) is 18.7 Å². The van der Waals surface area contributed by atoms with Crippen molar-refractivity contribution in [1.29, 1.82) is 0 Å². The predicted molar refractivity (Wildman–Crippen MR) is 114 cm³/mol. The molecule has 7 heteroatoms. The van der Waals surface area contributed by atoms with Crippen LogP contribution in [0.15, 0.2) is 59.5 Å². The summed E-state index contributed by atoms with van der Waals surface area (Å²) in [7, 11) is -3.56. The Labute approximate surface area is 177 Å². The summed E-state index contributed by atoms with van der Waals surface area (Å²) in [6.07, 6.45) is 0.752. The molecule has 1 fully saturated rings. The number of ether oxygens (including phenoxy) is 1. The van der Waals surface area contributed by atoms with E-state index in [1.807, 2.05) is 19.1 Å². The number of carbonyl (C=O) groups is 2. The third-order valence-corrected chi connectivity index (χ3v) is 7.39. The molecule has 6 nitrogen and oxygen atoms in total. The van der Waals surface area contributed by atoms with Gasteiger partial charge in [-0.1, -0.05) is 49.4 Å². The first-order chi connectivity index (χ1) is 14.3. The minimum Gasteiger partial charge on any atom is -0.454 e. The van der Waals surface area contributed by atoms with E-state index in [1.54, 1.807) is 49.4 Å². The summed E-state index contributed by atoms with van der Waals surface area (Å²) >= 11 is 0. The highest BCUT2D eigenvalue weighted by Crippen LogP contribution is 2.25. The molecule has 1 heterocycles. The Kier molecular flexibility index (Phi) is 7.05. The first kappa shape index (κ1) is 22.2. The lowest BCUT2D eigenvalue weighted by Crippen LogP contribution is -2.41. The van der Waals surface area contributed by atoms with Gasteiger partial charge in [0.25, 0.3) is 0 Å². The fraction of sp³-hybridized carbons (Fsp3) is 0.391. The van der Waals surface area contributed by atoms with Gasteiger partial charge in [-0.2, -0.15) is 4.31 Å². The van der Waals surface area contributed by atoms with E-state index >= 15 is 0 Å². The zero-order valence-electron chi connectivity index (χ0n) is 17.3. The van der Waals surface area contributed by atoms with Crippen molar-refractivity contribution in [1.82, 2.24) is 4.31 Å². The Hall–Kier alpha value is -2.51. The molecule has 0 saturated carbocycles. The number of Topliss-reactive ketones (excluding diaryl/α,β-unsaturated/α-hetero) is 1. The van der Waals surface area contributed by atoms with Crippen molar-refractivity contribution in [3.05, 3.63) is 65.7 Å². The number of carbonyl (C=O) groups excluding carboxylic acids is 2. The number of hydrogen-bond donors (Lipinski definition) is 0. The minimum absolute atomic E-state index is 0.241. The molecular weight excluding hydrogens is 402 g/mol. The third-order valence-electron chi connectivity index (χ3n) is 5.48. The molecular formula is C23H27NO5S.